The maximum absolute atomic E-state index is 12.6. The van der Waals surface area contributed by atoms with Gasteiger partial charge in [0.25, 0.3) is 5.69 Å². The number of rotatable bonds is 7. The molecule has 3 rings (SSSR count). The van der Waals surface area contributed by atoms with Crippen LogP contribution in [0.3, 0.4) is 0 Å². The molecule has 1 aliphatic rings. The second kappa shape index (κ2) is 7.15. The Bertz CT molecular complexity index is 846. The van der Waals surface area contributed by atoms with E-state index in [1.165, 1.54) is 22.8 Å². The Hall–Kier alpha value is -2.53. The first kappa shape index (κ1) is 17.3. The molecular formula is C14H18N6O4S. The highest BCUT2D eigenvalue weighted by atomic mass is 32.2. The molecule has 10 nitrogen and oxygen atoms in total. The zero-order chi connectivity index (χ0) is 17.9. The molecule has 0 saturated carbocycles. The monoisotopic (exact) mass is 366 g/mol. The summed E-state index contributed by atoms with van der Waals surface area (Å²) < 4.78 is 28.1. The van der Waals surface area contributed by atoms with Crippen molar-refractivity contribution in [2.45, 2.75) is 24.3 Å². The predicted octanol–water partition coefficient (Wildman–Crippen LogP) is 1.08. The lowest BCUT2D eigenvalue weighted by Crippen LogP contribution is -2.27. The molecule has 11 heteroatoms. The maximum atomic E-state index is 12.6. The number of nitro benzene ring substituents is 1. The van der Waals surface area contributed by atoms with Crippen LogP contribution in [0.15, 0.2) is 35.7 Å². The minimum Gasteiger partial charge on any atom is -0.378 e. The van der Waals surface area contributed by atoms with E-state index < -0.39 is 14.9 Å². The molecule has 134 valence electrons. The van der Waals surface area contributed by atoms with Gasteiger partial charge in [0.15, 0.2) is 0 Å². The van der Waals surface area contributed by atoms with Crippen LogP contribution >= 0.6 is 0 Å². The summed E-state index contributed by atoms with van der Waals surface area (Å²) in [5.41, 5.74) is 0.00403. The summed E-state index contributed by atoms with van der Waals surface area (Å²) in [7, 11) is -3.69. The van der Waals surface area contributed by atoms with Gasteiger partial charge in [0.05, 0.1) is 16.4 Å². The minimum atomic E-state index is -3.69. The van der Waals surface area contributed by atoms with Crippen molar-refractivity contribution in [3.05, 3.63) is 41.0 Å². The van der Waals surface area contributed by atoms with Crippen molar-refractivity contribution < 1.29 is 13.3 Å². The summed E-state index contributed by atoms with van der Waals surface area (Å²) in [6.45, 7) is 1.77. The Morgan fingerprint density at radius 1 is 1.28 bits per heavy atom. The number of sulfonamides is 1. The van der Waals surface area contributed by atoms with E-state index in [2.05, 4.69) is 15.4 Å². The van der Waals surface area contributed by atoms with E-state index in [0.717, 1.165) is 18.9 Å². The number of benzene rings is 1. The van der Waals surface area contributed by atoms with Gasteiger partial charge >= 0.3 is 0 Å². The number of hydrogen-bond acceptors (Lipinski definition) is 7. The summed E-state index contributed by atoms with van der Waals surface area (Å²) in [6, 6.07) is 3.95. The molecule has 1 aliphatic heterocycles. The first-order chi connectivity index (χ1) is 12.0. The Morgan fingerprint density at radius 2 is 2.04 bits per heavy atom. The van der Waals surface area contributed by atoms with Crippen molar-refractivity contribution in [2.24, 2.45) is 0 Å². The Balaban J connectivity index is 1.79. The molecule has 0 aliphatic carbocycles. The molecule has 25 heavy (non-hydrogen) atoms. The fourth-order valence-electron chi connectivity index (χ4n) is 2.70. The molecule has 0 radical (unpaired) electrons. The Morgan fingerprint density at radius 3 is 2.68 bits per heavy atom. The maximum Gasteiger partial charge on any atom is 0.293 e. The van der Waals surface area contributed by atoms with Crippen molar-refractivity contribution >= 4 is 21.4 Å². The van der Waals surface area contributed by atoms with Crippen molar-refractivity contribution in [3.8, 4) is 0 Å². The third-order valence-electron chi connectivity index (χ3n) is 3.99. The number of nitro groups is 1. The van der Waals surface area contributed by atoms with E-state index in [9.17, 15) is 18.5 Å². The van der Waals surface area contributed by atoms with Crippen molar-refractivity contribution in [3.63, 3.8) is 0 Å². The summed E-state index contributed by atoms with van der Waals surface area (Å²) in [5, 5.41) is 18.2. The van der Waals surface area contributed by atoms with Gasteiger partial charge in [-0.25, -0.2) is 13.4 Å². The lowest BCUT2D eigenvalue weighted by atomic mass is 10.2. The standard InChI is InChI=1S/C14H18N6O4S/c21-20(22)14-9-12(25(23,24)19-6-1-2-7-19)3-4-13(14)16-5-8-18-11-15-10-17-18/h3-4,9-11,16H,1-2,5-8H2. The SMILES string of the molecule is O=[N+]([O-])c1cc(S(=O)(=O)N2CCCC2)ccc1NCCn1cncn1. The smallest absolute Gasteiger partial charge is 0.293 e. The van der Waals surface area contributed by atoms with Gasteiger partial charge in [0.2, 0.25) is 10.0 Å². The van der Waals surface area contributed by atoms with Gasteiger partial charge in [0.1, 0.15) is 18.3 Å². The third kappa shape index (κ3) is 3.77. The third-order valence-corrected chi connectivity index (χ3v) is 5.89. The zero-order valence-corrected chi connectivity index (χ0v) is 14.2. The van der Waals surface area contributed by atoms with Crippen molar-refractivity contribution in [1.29, 1.82) is 0 Å². The van der Waals surface area contributed by atoms with E-state index >= 15 is 0 Å². The quantitative estimate of drug-likeness (QED) is 0.574. The van der Waals surface area contributed by atoms with E-state index in [1.54, 1.807) is 11.0 Å². The number of nitrogens with zero attached hydrogens (tertiary/aromatic N) is 5. The highest BCUT2D eigenvalue weighted by Gasteiger charge is 2.29. The molecular weight excluding hydrogens is 348 g/mol. The van der Waals surface area contributed by atoms with Gasteiger partial charge in [0, 0.05) is 25.7 Å². The van der Waals surface area contributed by atoms with E-state index in [1.807, 2.05) is 0 Å². The normalized spacial score (nSPS) is 15.4. The average Bonchev–Trinajstić information content (AvgIpc) is 3.28. The first-order valence-corrected chi connectivity index (χ1v) is 9.27. The van der Waals surface area contributed by atoms with E-state index in [0.29, 0.717) is 26.2 Å². The molecule has 1 saturated heterocycles. The topological polar surface area (TPSA) is 123 Å². The summed E-state index contributed by atoms with van der Waals surface area (Å²) >= 11 is 0. The molecule has 0 unspecified atom stereocenters. The molecule has 0 atom stereocenters. The van der Waals surface area contributed by atoms with Crippen LogP contribution in [0.4, 0.5) is 11.4 Å². The highest BCUT2D eigenvalue weighted by molar-refractivity contribution is 7.89. The fraction of sp³-hybridized carbons (Fsp3) is 0.429. The highest BCUT2D eigenvalue weighted by Crippen LogP contribution is 2.30. The molecule has 0 spiro atoms. The van der Waals surface area contributed by atoms with Crippen LogP contribution in [-0.2, 0) is 16.6 Å². The van der Waals surface area contributed by atoms with Crippen LogP contribution in [0, 0.1) is 10.1 Å². The van der Waals surface area contributed by atoms with Crippen LogP contribution < -0.4 is 5.32 Å². The predicted molar refractivity (Wildman–Crippen MR) is 89.6 cm³/mol. The number of nitrogens with one attached hydrogen (secondary N) is 1. The van der Waals surface area contributed by atoms with Crippen LogP contribution in [0.25, 0.3) is 0 Å². The van der Waals surface area contributed by atoms with Gasteiger partial charge < -0.3 is 5.32 Å². The van der Waals surface area contributed by atoms with Crippen LogP contribution in [0.2, 0.25) is 0 Å². The summed E-state index contributed by atoms with van der Waals surface area (Å²) in [5.74, 6) is 0. The molecule has 0 amide bonds. The fourth-order valence-corrected chi connectivity index (χ4v) is 4.24. The Kier molecular flexibility index (Phi) is 4.95. The Labute approximate surface area is 144 Å². The van der Waals surface area contributed by atoms with Crippen LogP contribution in [0.1, 0.15) is 12.8 Å². The minimum absolute atomic E-state index is 0.0528. The second-order valence-electron chi connectivity index (χ2n) is 5.63. The van der Waals surface area contributed by atoms with Gasteiger partial charge in [-0.2, -0.15) is 9.40 Å². The number of aromatic nitrogens is 3. The van der Waals surface area contributed by atoms with Crippen LogP contribution in [0.5, 0.6) is 0 Å². The van der Waals surface area contributed by atoms with Gasteiger partial charge in [-0.05, 0) is 25.0 Å². The molecule has 2 heterocycles. The second-order valence-corrected chi connectivity index (χ2v) is 7.57. The average molecular weight is 366 g/mol. The van der Waals surface area contributed by atoms with Gasteiger partial charge in [-0.15, -0.1) is 0 Å². The molecule has 0 bridgehead atoms. The molecule has 1 aromatic carbocycles. The largest absolute Gasteiger partial charge is 0.378 e. The molecule has 1 N–H and O–H groups in total. The van der Waals surface area contributed by atoms with E-state index in [-0.39, 0.29) is 16.3 Å². The number of anilines is 1. The van der Waals surface area contributed by atoms with Crippen molar-refractivity contribution in [1.82, 2.24) is 19.1 Å². The molecule has 2 aromatic rings. The van der Waals surface area contributed by atoms with Crippen molar-refractivity contribution in [2.75, 3.05) is 25.0 Å². The van der Waals surface area contributed by atoms with Gasteiger partial charge in [-0.1, -0.05) is 0 Å². The molecule has 1 aromatic heterocycles. The lowest BCUT2D eigenvalue weighted by Gasteiger charge is -2.16. The van der Waals surface area contributed by atoms with Gasteiger partial charge in [-0.3, -0.25) is 14.8 Å². The van der Waals surface area contributed by atoms with Crippen LogP contribution in [-0.4, -0.2) is 52.0 Å². The lowest BCUT2D eigenvalue weighted by molar-refractivity contribution is -0.384. The molecule has 1 fully saturated rings. The first-order valence-electron chi connectivity index (χ1n) is 7.83. The summed E-state index contributed by atoms with van der Waals surface area (Å²) in [6.07, 6.45) is 4.56. The summed E-state index contributed by atoms with van der Waals surface area (Å²) in [4.78, 5) is 14.5. The number of hydrogen-bond donors (Lipinski definition) is 1. The van der Waals surface area contributed by atoms with E-state index in [4.69, 9.17) is 0 Å². The zero-order valence-electron chi connectivity index (χ0n) is 13.4.